The molecule has 2 aliphatic rings. The maximum absolute atomic E-state index is 13.2. The summed E-state index contributed by atoms with van der Waals surface area (Å²) in [5.41, 5.74) is 6.10. The molecule has 1 aromatic carbocycles. The molecular formula is C23H31N5O6. The Morgan fingerprint density at radius 2 is 1.79 bits per heavy atom. The molecule has 0 aliphatic carbocycles. The summed E-state index contributed by atoms with van der Waals surface area (Å²) in [7, 11) is 0. The first kappa shape index (κ1) is 25.2. The maximum Gasteiger partial charge on any atom is 0.326 e. The summed E-state index contributed by atoms with van der Waals surface area (Å²) < 4.78 is 0. The van der Waals surface area contributed by atoms with Crippen LogP contribution in [0.4, 0.5) is 0 Å². The van der Waals surface area contributed by atoms with Gasteiger partial charge in [0.25, 0.3) is 0 Å². The molecular weight excluding hydrogens is 442 g/mol. The SMILES string of the molecule is NC(=O)CC(NC(=O)C(Cc1ccccc1)NC(=O)C1CCCN1)C(=O)N1CCCC1C(=O)O. The van der Waals surface area contributed by atoms with Gasteiger partial charge in [-0.1, -0.05) is 30.3 Å². The molecule has 184 valence electrons. The van der Waals surface area contributed by atoms with E-state index in [1.165, 1.54) is 0 Å². The van der Waals surface area contributed by atoms with E-state index >= 15 is 0 Å². The quantitative estimate of drug-likeness (QED) is 0.287. The number of aliphatic carboxylic acids is 1. The summed E-state index contributed by atoms with van der Waals surface area (Å²) in [6, 6.07) is 5.31. The maximum atomic E-state index is 13.2. The summed E-state index contributed by atoms with van der Waals surface area (Å²) in [6.07, 6.45) is 1.98. The first-order chi connectivity index (χ1) is 16.3. The second kappa shape index (κ2) is 11.6. The predicted molar refractivity (Wildman–Crippen MR) is 121 cm³/mol. The number of nitrogens with two attached hydrogens (primary N) is 1. The van der Waals surface area contributed by atoms with E-state index in [0.717, 1.165) is 16.9 Å². The number of carbonyl (C=O) groups excluding carboxylic acids is 4. The van der Waals surface area contributed by atoms with Crippen molar-refractivity contribution in [1.82, 2.24) is 20.9 Å². The molecule has 2 heterocycles. The van der Waals surface area contributed by atoms with Gasteiger partial charge in [-0.15, -0.1) is 0 Å². The molecule has 6 N–H and O–H groups in total. The van der Waals surface area contributed by atoms with Crippen LogP contribution in [0.3, 0.4) is 0 Å². The highest BCUT2D eigenvalue weighted by atomic mass is 16.4. The molecule has 0 saturated carbocycles. The van der Waals surface area contributed by atoms with Crippen LogP contribution in [0, 0.1) is 0 Å². The van der Waals surface area contributed by atoms with Crippen molar-refractivity contribution >= 4 is 29.6 Å². The van der Waals surface area contributed by atoms with Gasteiger partial charge < -0.3 is 31.7 Å². The third-order valence-electron chi connectivity index (χ3n) is 6.13. The van der Waals surface area contributed by atoms with E-state index in [1.807, 2.05) is 30.3 Å². The van der Waals surface area contributed by atoms with E-state index in [1.54, 1.807) is 0 Å². The van der Waals surface area contributed by atoms with E-state index in [-0.39, 0.29) is 18.9 Å². The van der Waals surface area contributed by atoms with E-state index in [0.29, 0.717) is 25.8 Å². The third-order valence-corrected chi connectivity index (χ3v) is 6.13. The van der Waals surface area contributed by atoms with Gasteiger partial charge in [-0.25, -0.2) is 4.79 Å². The van der Waals surface area contributed by atoms with Crippen molar-refractivity contribution in [2.75, 3.05) is 13.1 Å². The summed E-state index contributed by atoms with van der Waals surface area (Å²) in [5, 5.41) is 17.8. The van der Waals surface area contributed by atoms with Gasteiger partial charge in [0.1, 0.15) is 18.1 Å². The van der Waals surface area contributed by atoms with Crippen molar-refractivity contribution in [3.63, 3.8) is 0 Å². The fourth-order valence-electron chi connectivity index (χ4n) is 4.40. The Kier molecular flexibility index (Phi) is 8.58. The van der Waals surface area contributed by atoms with Crippen molar-refractivity contribution in [3.05, 3.63) is 35.9 Å². The fraction of sp³-hybridized carbons (Fsp3) is 0.522. The molecule has 3 rings (SSSR count). The Morgan fingerprint density at radius 3 is 2.41 bits per heavy atom. The van der Waals surface area contributed by atoms with Crippen LogP contribution in [-0.4, -0.2) is 76.9 Å². The number of benzene rings is 1. The summed E-state index contributed by atoms with van der Waals surface area (Å²) >= 11 is 0. The summed E-state index contributed by atoms with van der Waals surface area (Å²) in [6.45, 7) is 0.919. The minimum absolute atomic E-state index is 0.171. The van der Waals surface area contributed by atoms with Crippen molar-refractivity contribution in [1.29, 1.82) is 0 Å². The van der Waals surface area contributed by atoms with Crippen LogP contribution in [0.5, 0.6) is 0 Å². The van der Waals surface area contributed by atoms with Gasteiger partial charge in [-0.05, 0) is 37.8 Å². The molecule has 4 amide bonds. The molecule has 0 radical (unpaired) electrons. The average Bonchev–Trinajstić information content (AvgIpc) is 3.50. The highest BCUT2D eigenvalue weighted by Crippen LogP contribution is 2.19. The topological polar surface area (TPSA) is 171 Å². The normalized spacial score (nSPS) is 21.5. The number of primary amides is 1. The molecule has 2 saturated heterocycles. The van der Waals surface area contributed by atoms with Crippen LogP contribution < -0.4 is 21.7 Å². The Labute approximate surface area is 197 Å². The minimum atomic E-state index is -1.33. The van der Waals surface area contributed by atoms with Crippen LogP contribution in [0.25, 0.3) is 0 Å². The first-order valence-corrected chi connectivity index (χ1v) is 11.5. The molecule has 4 atom stereocenters. The lowest BCUT2D eigenvalue weighted by Gasteiger charge is -2.28. The van der Waals surface area contributed by atoms with Gasteiger partial charge in [0.05, 0.1) is 12.5 Å². The highest BCUT2D eigenvalue weighted by Gasteiger charge is 2.39. The number of hydrogen-bond acceptors (Lipinski definition) is 6. The lowest BCUT2D eigenvalue weighted by atomic mass is 10.0. The Hall–Kier alpha value is -3.47. The minimum Gasteiger partial charge on any atom is -0.480 e. The lowest BCUT2D eigenvalue weighted by molar-refractivity contribution is -0.149. The predicted octanol–water partition coefficient (Wildman–Crippen LogP) is -1.10. The number of hydrogen-bond donors (Lipinski definition) is 5. The smallest absolute Gasteiger partial charge is 0.326 e. The second-order valence-electron chi connectivity index (χ2n) is 8.66. The van der Waals surface area contributed by atoms with E-state index < -0.39 is 54.3 Å². The Morgan fingerprint density at radius 1 is 1.06 bits per heavy atom. The molecule has 2 aliphatic heterocycles. The average molecular weight is 474 g/mol. The highest BCUT2D eigenvalue weighted by molar-refractivity contribution is 5.96. The third kappa shape index (κ3) is 6.53. The molecule has 0 aromatic heterocycles. The van der Waals surface area contributed by atoms with Crippen molar-refractivity contribution < 1.29 is 29.1 Å². The molecule has 11 heteroatoms. The van der Waals surface area contributed by atoms with E-state index in [4.69, 9.17) is 5.73 Å². The number of carboxylic acid groups (broad SMARTS) is 1. The standard InChI is InChI=1S/C23H31N5O6/c24-19(29)13-17(22(32)28-11-5-9-18(28)23(33)34)27-21(31)16(12-14-6-2-1-3-7-14)26-20(30)15-8-4-10-25-15/h1-3,6-7,15-18,25H,4-5,8-13H2,(H2,24,29)(H,26,30)(H,27,31)(H,33,34). The fourth-order valence-corrected chi connectivity index (χ4v) is 4.40. The van der Waals surface area contributed by atoms with Gasteiger partial charge in [0.2, 0.25) is 23.6 Å². The molecule has 4 unspecified atom stereocenters. The zero-order valence-electron chi connectivity index (χ0n) is 18.9. The van der Waals surface area contributed by atoms with Crippen LogP contribution >= 0.6 is 0 Å². The molecule has 0 spiro atoms. The molecule has 11 nitrogen and oxygen atoms in total. The van der Waals surface area contributed by atoms with Gasteiger partial charge in [0.15, 0.2) is 0 Å². The molecule has 34 heavy (non-hydrogen) atoms. The number of carboxylic acids is 1. The number of likely N-dealkylation sites (tertiary alicyclic amines) is 1. The van der Waals surface area contributed by atoms with Crippen molar-refractivity contribution in [2.45, 2.75) is 62.7 Å². The van der Waals surface area contributed by atoms with Crippen LogP contribution in [0.1, 0.15) is 37.7 Å². The van der Waals surface area contributed by atoms with Gasteiger partial charge in [0, 0.05) is 13.0 Å². The van der Waals surface area contributed by atoms with Crippen molar-refractivity contribution in [2.24, 2.45) is 5.73 Å². The second-order valence-corrected chi connectivity index (χ2v) is 8.66. The monoisotopic (exact) mass is 473 g/mol. The largest absolute Gasteiger partial charge is 0.480 e. The van der Waals surface area contributed by atoms with Crippen LogP contribution in [0.15, 0.2) is 30.3 Å². The Bertz CT molecular complexity index is 918. The molecule has 0 bridgehead atoms. The van der Waals surface area contributed by atoms with Gasteiger partial charge >= 0.3 is 5.97 Å². The lowest BCUT2D eigenvalue weighted by Crippen LogP contribution is -2.58. The summed E-state index contributed by atoms with van der Waals surface area (Å²) in [5.74, 6) is -3.62. The number of nitrogens with one attached hydrogen (secondary N) is 3. The number of nitrogens with zero attached hydrogens (tertiary/aromatic N) is 1. The number of amides is 4. The van der Waals surface area contributed by atoms with E-state index in [9.17, 15) is 29.1 Å². The van der Waals surface area contributed by atoms with Crippen LogP contribution in [0.2, 0.25) is 0 Å². The van der Waals surface area contributed by atoms with Gasteiger partial charge in [-0.2, -0.15) is 0 Å². The first-order valence-electron chi connectivity index (χ1n) is 11.5. The van der Waals surface area contributed by atoms with Crippen molar-refractivity contribution in [3.8, 4) is 0 Å². The number of rotatable bonds is 10. The van der Waals surface area contributed by atoms with E-state index in [2.05, 4.69) is 16.0 Å². The number of carbonyl (C=O) groups is 5. The zero-order chi connectivity index (χ0) is 24.7. The zero-order valence-corrected chi connectivity index (χ0v) is 18.9. The van der Waals surface area contributed by atoms with Crippen LogP contribution in [-0.2, 0) is 30.4 Å². The summed E-state index contributed by atoms with van der Waals surface area (Å²) in [4.78, 5) is 63.3. The molecule has 1 aromatic rings. The Balaban J connectivity index is 1.77. The molecule has 2 fully saturated rings. The van der Waals surface area contributed by atoms with Gasteiger partial charge in [-0.3, -0.25) is 19.2 Å².